The zero-order valence-corrected chi connectivity index (χ0v) is 13.1. The molecule has 1 saturated heterocycles. The smallest absolute Gasteiger partial charge is 0.322 e. The maximum absolute atomic E-state index is 12.4. The van der Waals surface area contributed by atoms with Crippen LogP contribution in [0.5, 0.6) is 0 Å². The fourth-order valence-corrected chi connectivity index (χ4v) is 3.50. The number of carbonyl (C=O) groups is 2. The first-order valence-electron chi connectivity index (χ1n) is 6.92. The Balaban J connectivity index is 2.08. The second-order valence-corrected chi connectivity index (χ2v) is 6.42. The fourth-order valence-electron chi connectivity index (χ4n) is 2.43. The van der Waals surface area contributed by atoms with Gasteiger partial charge in [-0.1, -0.05) is 17.7 Å². The number of aryl methyl sites for hydroxylation is 2. The Morgan fingerprint density at radius 2 is 2.19 bits per heavy atom. The molecule has 5 nitrogen and oxygen atoms in total. The minimum absolute atomic E-state index is 0.00665. The number of anilines is 1. The summed E-state index contributed by atoms with van der Waals surface area (Å²) in [7, 11) is 0. The summed E-state index contributed by atoms with van der Waals surface area (Å²) in [4.78, 5) is 25.0. The number of benzene rings is 1. The Morgan fingerprint density at radius 1 is 1.43 bits per heavy atom. The van der Waals surface area contributed by atoms with E-state index in [2.05, 4.69) is 5.32 Å². The van der Waals surface area contributed by atoms with Gasteiger partial charge in [-0.2, -0.15) is 11.8 Å². The van der Waals surface area contributed by atoms with Crippen molar-refractivity contribution in [3.8, 4) is 0 Å². The van der Waals surface area contributed by atoms with Gasteiger partial charge in [-0.15, -0.1) is 0 Å². The number of thioether (sulfide) groups is 1. The molecule has 114 valence electrons. The second-order valence-electron chi connectivity index (χ2n) is 5.27. The van der Waals surface area contributed by atoms with E-state index in [1.807, 2.05) is 32.0 Å². The highest BCUT2D eigenvalue weighted by molar-refractivity contribution is 7.99. The van der Waals surface area contributed by atoms with E-state index in [1.165, 1.54) is 0 Å². The number of carboxylic acids is 1. The molecule has 0 bridgehead atoms. The van der Waals surface area contributed by atoms with E-state index in [0.29, 0.717) is 12.3 Å². The van der Waals surface area contributed by atoms with Crippen LogP contribution in [-0.4, -0.2) is 46.1 Å². The molecule has 6 heteroatoms. The van der Waals surface area contributed by atoms with Crippen LogP contribution in [0.25, 0.3) is 0 Å². The predicted octanol–water partition coefficient (Wildman–Crippen LogP) is 2.73. The number of amides is 2. The molecular weight excluding hydrogens is 288 g/mol. The lowest BCUT2D eigenvalue weighted by Crippen LogP contribution is -2.49. The highest BCUT2D eigenvalue weighted by Crippen LogP contribution is 2.22. The van der Waals surface area contributed by atoms with Crippen LogP contribution in [0, 0.1) is 13.8 Å². The van der Waals surface area contributed by atoms with Gasteiger partial charge in [0.25, 0.3) is 0 Å². The largest absolute Gasteiger partial charge is 0.481 e. The lowest BCUT2D eigenvalue weighted by atomic mass is 10.1. The molecule has 0 aliphatic carbocycles. The van der Waals surface area contributed by atoms with E-state index < -0.39 is 5.97 Å². The zero-order valence-electron chi connectivity index (χ0n) is 12.3. The van der Waals surface area contributed by atoms with Crippen LogP contribution in [-0.2, 0) is 4.79 Å². The normalized spacial score (nSPS) is 18.4. The van der Waals surface area contributed by atoms with Crippen LogP contribution >= 0.6 is 11.8 Å². The van der Waals surface area contributed by atoms with E-state index in [-0.39, 0.29) is 18.5 Å². The molecule has 1 aliphatic rings. The quantitative estimate of drug-likeness (QED) is 0.901. The van der Waals surface area contributed by atoms with E-state index in [4.69, 9.17) is 5.11 Å². The van der Waals surface area contributed by atoms with Gasteiger partial charge < -0.3 is 15.3 Å². The standard InChI is InChI=1S/C15H20N2O3S/c1-10-3-4-13(11(2)7-10)16-15(20)17-5-6-21-9-12(17)8-14(18)19/h3-4,7,12H,5-6,8-9H2,1-2H3,(H,16,20)(H,18,19). The molecule has 0 radical (unpaired) electrons. The lowest BCUT2D eigenvalue weighted by molar-refractivity contribution is -0.137. The number of hydrogen-bond acceptors (Lipinski definition) is 3. The first-order chi connectivity index (χ1) is 9.97. The lowest BCUT2D eigenvalue weighted by Gasteiger charge is -2.34. The van der Waals surface area contributed by atoms with Crippen LogP contribution < -0.4 is 5.32 Å². The SMILES string of the molecule is Cc1ccc(NC(=O)N2CCSCC2CC(=O)O)c(C)c1. The van der Waals surface area contributed by atoms with Gasteiger partial charge >= 0.3 is 12.0 Å². The van der Waals surface area contributed by atoms with Crippen molar-refractivity contribution in [2.75, 3.05) is 23.4 Å². The number of aliphatic carboxylic acids is 1. The number of nitrogens with one attached hydrogen (secondary N) is 1. The summed E-state index contributed by atoms with van der Waals surface area (Å²) in [6, 6.07) is 5.38. The third-order valence-corrected chi connectivity index (χ3v) is 4.61. The van der Waals surface area contributed by atoms with Crippen LogP contribution in [0.4, 0.5) is 10.5 Å². The minimum atomic E-state index is -0.869. The summed E-state index contributed by atoms with van der Waals surface area (Å²) < 4.78 is 0. The van der Waals surface area contributed by atoms with Gasteiger partial charge in [0, 0.05) is 23.7 Å². The Hall–Kier alpha value is -1.69. The highest BCUT2D eigenvalue weighted by Gasteiger charge is 2.29. The molecule has 2 N–H and O–H groups in total. The molecular formula is C15H20N2O3S. The zero-order chi connectivity index (χ0) is 15.4. The van der Waals surface area contributed by atoms with Crippen molar-refractivity contribution in [3.63, 3.8) is 0 Å². The van der Waals surface area contributed by atoms with Crippen LogP contribution in [0.3, 0.4) is 0 Å². The van der Waals surface area contributed by atoms with Gasteiger partial charge in [0.15, 0.2) is 0 Å². The first-order valence-corrected chi connectivity index (χ1v) is 8.07. The number of carboxylic acid groups (broad SMARTS) is 1. The van der Waals surface area contributed by atoms with Crippen molar-refractivity contribution in [3.05, 3.63) is 29.3 Å². The van der Waals surface area contributed by atoms with Crippen molar-refractivity contribution in [1.82, 2.24) is 4.90 Å². The van der Waals surface area contributed by atoms with Gasteiger partial charge in [0.05, 0.1) is 12.5 Å². The van der Waals surface area contributed by atoms with Crippen molar-refractivity contribution in [1.29, 1.82) is 0 Å². The highest BCUT2D eigenvalue weighted by atomic mass is 32.2. The Bertz CT molecular complexity index is 548. The van der Waals surface area contributed by atoms with Crippen LogP contribution in [0.2, 0.25) is 0 Å². The van der Waals surface area contributed by atoms with Crippen LogP contribution in [0.15, 0.2) is 18.2 Å². The maximum Gasteiger partial charge on any atom is 0.322 e. The number of hydrogen-bond donors (Lipinski definition) is 2. The summed E-state index contributed by atoms with van der Waals surface area (Å²) >= 11 is 1.69. The molecule has 2 amide bonds. The topological polar surface area (TPSA) is 69.6 Å². The average molecular weight is 308 g/mol. The molecule has 2 rings (SSSR count). The summed E-state index contributed by atoms with van der Waals surface area (Å²) in [6.45, 7) is 4.53. The third kappa shape index (κ3) is 4.14. The number of urea groups is 1. The molecule has 1 unspecified atom stereocenters. The monoisotopic (exact) mass is 308 g/mol. The fraction of sp³-hybridized carbons (Fsp3) is 0.467. The molecule has 1 fully saturated rings. The van der Waals surface area contributed by atoms with Crippen molar-refractivity contribution in [2.45, 2.75) is 26.3 Å². The predicted molar refractivity (Wildman–Crippen MR) is 85.0 cm³/mol. The molecule has 0 spiro atoms. The third-order valence-electron chi connectivity index (χ3n) is 3.52. The first kappa shape index (κ1) is 15.7. The molecule has 21 heavy (non-hydrogen) atoms. The van der Waals surface area contributed by atoms with E-state index in [9.17, 15) is 9.59 Å². The van der Waals surface area contributed by atoms with Crippen molar-refractivity contribution >= 4 is 29.4 Å². The summed E-state index contributed by atoms with van der Waals surface area (Å²) in [5.41, 5.74) is 2.92. The summed E-state index contributed by atoms with van der Waals surface area (Å²) in [6.07, 6.45) is -0.00665. The molecule has 0 aromatic heterocycles. The maximum atomic E-state index is 12.4. The van der Waals surface area contributed by atoms with Gasteiger partial charge in [0.2, 0.25) is 0 Å². The molecule has 1 aromatic rings. The minimum Gasteiger partial charge on any atom is -0.481 e. The summed E-state index contributed by atoms with van der Waals surface area (Å²) in [5.74, 6) is 0.648. The summed E-state index contributed by atoms with van der Waals surface area (Å²) in [5, 5.41) is 11.9. The Kier molecular flexibility index (Phi) is 5.12. The number of carbonyl (C=O) groups excluding carboxylic acids is 1. The Morgan fingerprint density at radius 3 is 2.86 bits per heavy atom. The van der Waals surface area contributed by atoms with Gasteiger partial charge in [0.1, 0.15) is 0 Å². The molecule has 1 heterocycles. The molecule has 1 aromatic carbocycles. The van der Waals surface area contributed by atoms with Gasteiger partial charge in [-0.3, -0.25) is 4.79 Å². The number of rotatable bonds is 3. The molecule has 0 saturated carbocycles. The molecule has 1 aliphatic heterocycles. The Labute approximate surface area is 128 Å². The van der Waals surface area contributed by atoms with Gasteiger partial charge in [-0.25, -0.2) is 4.79 Å². The number of nitrogens with zero attached hydrogens (tertiary/aromatic N) is 1. The van der Waals surface area contributed by atoms with Crippen LogP contribution in [0.1, 0.15) is 17.5 Å². The molecule has 1 atom stereocenters. The van der Waals surface area contributed by atoms with E-state index >= 15 is 0 Å². The van der Waals surface area contributed by atoms with Gasteiger partial charge in [-0.05, 0) is 25.5 Å². The van der Waals surface area contributed by atoms with Crippen molar-refractivity contribution in [2.24, 2.45) is 0 Å². The van der Waals surface area contributed by atoms with Crippen molar-refractivity contribution < 1.29 is 14.7 Å². The van der Waals surface area contributed by atoms with E-state index in [0.717, 1.165) is 22.6 Å². The van der Waals surface area contributed by atoms with E-state index in [1.54, 1.807) is 16.7 Å². The average Bonchev–Trinajstić information content (AvgIpc) is 2.42. The second kappa shape index (κ2) is 6.85.